The van der Waals surface area contributed by atoms with Crippen LogP contribution in [0.15, 0.2) is 15.9 Å². The molecule has 1 aliphatic heterocycles. The predicted molar refractivity (Wildman–Crippen MR) is 43.7 cm³/mol. The Morgan fingerprint density at radius 1 is 1.50 bits per heavy atom. The number of carbonyl (C=O) groups excluding carboxylic acids is 1. The smallest absolute Gasteiger partial charge is 0.266 e. The van der Waals surface area contributed by atoms with Crippen LogP contribution in [0.1, 0.15) is 0 Å². The summed E-state index contributed by atoms with van der Waals surface area (Å²) in [4.78, 5) is 27.7. The van der Waals surface area contributed by atoms with Crippen LogP contribution in [0.4, 0.5) is 5.69 Å². The van der Waals surface area contributed by atoms with E-state index >= 15 is 0 Å². The zero-order valence-electron chi connectivity index (χ0n) is 6.00. The lowest BCUT2D eigenvalue weighted by atomic mass is 10.3. The molecule has 0 saturated heterocycles. The Hall–Kier alpha value is -1.93. The Labute approximate surface area is 66.6 Å². The van der Waals surface area contributed by atoms with E-state index in [1.807, 2.05) is 0 Å². The zero-order chi connectivity index (χ0) is 8.55. The minimum atomic E-state index is -0.425. The lowest BCUT2D eigenvalue weighted by Crippen LogP contribution is -2.33. The molecule has 0 aromatic carbocycles. The average molecular weight is 160 g/mol. The Morgan fingerprint density at radius 2 is 2.33 bits per heavy atom. The van der Waals surface area contributed by atoms with E-state index in [0.29, 0.717) is 11.0 Å². The highest BCUT2D eigenvalue weighted by molar-refractivity contribution is 5.96. The van der Waals surface area contributed by atoms with Crippen LogP contribution in [0.5, 0.6) is 0 Å². The summed E-state index contributed by atoms with van der Waals surface area (Å²) in [6.07, 6.45) is 3.24. The van der Waals surface area contributed by atoms with Gasteiger partial charge in [-0.05, 0) is 12.1 Å². The quantitative estimate of drug-likeness (QED) is 0.495. The van der Waals surface area contributed by atoms with Gasteiger partial charge in [0.2, 0.25) is 0 Å². The van der Waals surface area contributed by atoms with Gasteiger partial charge in [0.1, 0.15) is 11.2 Å². The van der Waals surface area contributed by atoms with Crippen LogP contribution in [-0.2, 0) is 4.79 Å². The Morgan fingerprint density at radius 3 is 3.08 bits per heavy atom. The van der Waals surface area contributed by atoms with Crippen molar-refractivity contribution in [2.24, 2.45) is 4.99 Å². The molecule has 0 fully saturated rings. The van der Waals surface area contributed by atoms with E-state index < -0.39 is 5.56 Å². The molecule has 4 nitrogen and oxygen atoms in total. The second-order valence-corrected chi connectivity index (χ2v) is 2.36. The minimum Gasteiger partial charge on any atom is -0.319 e. The number of hydrogen-bond donors (Lipinski definition) is 1. The third kappa shape index (κ3) is 0.828. The van der Waals surface area contributed by atoms with Gasteiger partial charge in [-0.25, -0.2) is 4.79 Å². The monoisotopic (exact) mass is 160 g/mol. The van der Waals surface area contributed by atoms with E-state index in [-0.39, 0.29) is 5.22 Å². The topological polar surface area (TPSA) is 62.3 Å². The number of rotatable bonds is 0. The molecule has 1 N–H and O–H groups in total. The summed E-state index contributed by atoms with van der Waals surface area (Å²) in [5, 5.41) is 0.625. The Balaban J connectivity index is 3.04. The third-order valence-corrected chi connectivity index (χ3v) is 1.61. The zero-order valence-corrected chi connectivity index (χ0v) is 6.00. The van der Waals surface area contributed by atoms with Gasteiger partial charge in [0.25, 0.3) is 5.56 Å². The van der Waals surface area contributed by atoms with Crippen molar-refractivity contribution in [2.75, 3.05) is 0 Å². The highest BCUT2D eigenvalue weighted by Crippen LogP contribution is 2.00. The number of aromatic amines is 1. The van der Waals surface area contributed by atoms with E-state index in [2.05, 4.69) is 9.98 Å². The minimum absolute atomic E-state index is 0.0128. The van der Waals surface area contributed by atoms with Gasteiger partial charge < -0.3 is 4.98 Å². The van der Waals surface area contributed by atoms with Crippen LogP contribution in [-0.4, -0.2) is 17.1 Å². The SMILES string of the molecule is O=C=c1cc2c([nH]c1=O)=CC=N2. The molecule has 0 bridgehead atoms. The van der Waals surface area contributed by atoms with Gasteiger partial charge in [-0.15, -0.1) is 0 Å². The van der Waals surface area contributed by atoms with Gasteiger partial charge >= 0.3 is 0 Å². The molecule has 2 rings (SSSR count). The Bertz CT molecular complexity index is 547. The molecule has 0 amide bonds. The number of fused-ring (bicyclic) bond motifs is 1. The second-order valence-electron chi connectivity index (χ2n) is 2.36. The number of nitrogens with zero attached hydrogens (tertiary/aromatic N) is 1. The van der Waals surface area contributed by atoms with E-state index in [4.69, 9.17) is 0 Å². The summed E-state index contributed by atoms with van der Waals surface area (Å²) in [6, 6.07) is 1.42. The molecule has 0 radical (unpaired) electrons. The summed E-state index contributed by atoms with van der Waals surface area (Å²) in [5.41, 5.74) is 0.179. The standard InChI is InChI=1S/C8H4N2O2/c11-4-5-3-7-6(1-2-9-7)10-8(5)12/h1-3H,(H,10,12). The molecule has 2 heterocycles. The lowest BCUT2D eigenvalue weighted by molar-refractivity contribution is 0.567. The number of hydrogen-bond acceptors (Lipinski definition) is 3. The maximum Gasteiger partial charge on any atom is 0.266 e. The Kier molecular flexibility index (Phi) is 1.29. The maximum atomic E-state index is 11.0. The molecule has 0 aliphatic carbocycles. The van der Waals surface area contributed by atoms with Crippen molar-refractivity contribution in [3.05, 3.63) is 27.0 Å². The fraction of sp³-hybridized carbons (Fsp3) is 0. The number of nitrogens with one attached hydrogen (secondary N) is 1. The summed E-state index contributed by atoms with van der Waals surface area (Å²) < 4.78 is 0. The van der Waals surface area contributed by atoms with Crippen molar-refractivity contribution in [1.29, 1.82) is 0 Å². The molecule has 0 spiro atoms. The molecule has 0 atom stereocenters. The fourth-order valence-electron chi connectivity index (χ4n) is 1.04. The van der Waals surface area contributed by atoms with E-state index in [0.717, 1.165) is 0 Å². The molecule has 1 aromatic heterocycles. The predicted octanol–water partition coefficient (Wildman–Crippen LogP) is -1.63. The van der Waals surface area contributed by atoms with Crippen molar-refractivity contribution in [1.82, 2.24) is 4.98 Å². The van der Waals surface area contributed by atoms with E-state index in [1.54, 1.807) is 18.2 Å². The average Bonchev–Trinajstić information content (AvgIpc) is 2.49. The third-order valence-electron chi connectivity index (χ3n) is 1.61. The largest absolute Gasteiger partial charge is 0.319 e. The summed E-state index contributed by atoms with van der Waals surface area (Å²) in [6.45, 7) is 0. The maximum absolute atomic E-state index is 11.0. The first-order valence-corrected chi connectivity index (χ1v) is 3.34. The number of aliphatic imine (C=N–C) groups is 1. The molecule has 58 valence electrons. The summed E-state index contributed by atoms with van der Waals surface area (Å²) in [5.74, 6) is 1.54. The normalized spacial score (nSPS) is 12.0. The van der Waals surface area contributed by atoms with Gasteiger partial charge in [0, 0.05) is 6.21 Å². The molecular weight excluding hydrogens is 156 g/mol. The van der Waals surface area contributed by atoms with Gasteiger partial charge in [0.15, 0.2) is 0 Å². The number of pyridine rings is 1. The van der Waals surface area contributed by atoms with Crippen molar-refractivity contribution in [2.45, 2.75) is 0 Å². The first kappa shape index (κ1) is 6.76. The molecule has 4 heteroatoms. The number of H-pyrrole nitrogens is 1. The van der Waals surface area contributed by atoms with Crippen molar-refractivity contribution >= 4 is 23.9 Å². The van der Waals surface area contributed by atoms with Crippen LogP contribution in [0.2, 0.25) is 0 Å². The lowest BCUT2D eigenvalue weighted by Gasteiger charge is -1.87. The molecule has 12 heavy (non-hydrogen) atoms. The van der Waals surface area contributed by atoms with Crippen LogP contribution in [0, 0.1) is 0 Å². The molecule has 0 unspecified atom stereocenters. The first-order valence-electron chi connectivity index (χ1n) is 3.34. The van der Waals surface area contributed by atoms with Crippen LogP contribution in [0.3, 0.4) is 0 Å². The van der Waals surface area contributed by atoms with Crippen LogP contribution in [0.25, 0.3) is 6.08 Å². The van der Waals surface area contributed by atoms with Gasteiger partial charge in [0.05, 0.1) is 11.0 Å². The second kappa shape index (κ2) is 2.29. The summed E-state index contributed by atoms with van der Waals surface area (Å²) in [7, 11) is 0. The molecule has 1 aliphatic rings. The first-order chi connectivity index (χ1) is 5.81. The van der Waals surface area contributed by atoms with Gasteiger partial charge in [-0.2, -0.15) is 0 Å². The summed E-state index contributed by atoms with van der Waals surface area (Å²) >= 11 is 0. The van der Waals surface area contributed by atoms with Crippen LogP contribution < -0.4 is 16.1 Å². The number of aromatic nitrogens is 1. The molecular formula is C8H4N2O2. The van der Waals surface area contributed by atoms with Crippen molar-refractivity contribution in [3.63, 3.8) is 0 Å². The van der Waals surface area contributed by atoms with Gasteiger partial charge in [-0.1, -0.05) is 0 Å². The van der Waals surface area contributed by atoms with E-state index in [9.17, 15) is 9.59 Å². The van der Waals surface area contributed by atoms with E-state index in [1.165, 1.54) is 6.07 Å². The molecule has 0 saturated carbocycles. The van der Waals surface area contributed by atoms with Crippen molar-refractivity contribution < 1.29 is 4.79 Å². The van der Waals surface area contributed by atoms with Gasteiger partial charge in [-0.3, -0.25) is 9.79 Å². The van der Waals surface area contributed by atoms with Crippen molar-refractivity contribution in [3.8, 4) is 0 Å². The van der Waals surface area contributed by atoms with Crippen LogP contribution >= 0.6 is 0 Å². The fourth-order valence-corrected chi connectivity index (χ4v) is 1.04. The molecule has 1 aromatic rings. The highest BCUT2D eigenvalue weighted by atomic mass is 16.1. The highest BCUT2D eigenvalue weighted by Gasteiger charge is 1.99.